The molecule has 6 nitrogen and oxygen atoms in total. The summed E-state index contributed by atoms with van der Waals surface area (Å²) in [4.78, 5) is 14.0. The van der Waals surface area contributed by atoms with E-state index in [9.17, 15) is 9.90 Å². The first kappa shape index (κ1) is 15.6. The number of ether oxygens (including phenoxy) is 2. The van der Waals surface area contributed by atoms with Crippen LogP contribution < -0.4 is 0 Å². The highest BCUT2D eigenvalue weighted by Crippen LogP contribution is 2.38. The molecule has 0 aromatic carbocycles. The van der Waals surface area contributed by atoms with Crippen molar-refractivity contribution in [3.63, 3.8) is 0 Å². The van der Waals surface area contributed by atoms with Crippen molar-refractivity contribution >= 4 is 17.9 Å². The molecule has 3 fully saturated rings. The number of carbonyl (C=O) groups is 1. The zero-order valence-corrected chi connectivity index (χ0v) is 13.1. The lowest BCUT2D eigenvalue weighted by atomic mass is 9.92. The third-order valence-electron chi connectivity index (χ3n) is 4.57. The first-order valence-corrected chi connectivity index (χ1v) is 8.75. The maximum Gasteiger partial charge on any atom is 0.313 e. The van der Waals surface area contributed by atoms with Gasteiger partial charge in [0.2, 0.25) is 0 Å². The van der Waals surface area contributed by atoms with Crippen LogP contribution in [0.15, 0.2) is 0 Å². The van der Waals surface area contributed by atoms with E-state index in [1.165, 1.54) is 32.4 Å². The SMILES string of the molecule is O=C(O)C1CN(SCN2CCCCC2)CCC12OCCO2. The van der Waals surface area contributed by atoms with Crippen LogP contribution in [0.3, 0.4) is 0 Å². The molecule has 1 atom stereocenters. The Labute approximate surface area is 129 Å². The van der Waals surface area contributed by atoms with Gasteiger partial charge < -0.3 is 14.6 Å². The van der Waals surface area contributed by atoms with Gasteiger partial charge in [-0.2, -0.15) is 0 Å². The number of carboxylic acid groups (broad SMARTS) is 1. The van der Waals surface area contributed by atoms with E-state index >= 15 is 0 Å². The second-order valence-corrected chi connectivity index (χ2v) is 7.01. The fourth-order valence-electron chi connectivity index (χ4n) is 3.34. The number of likely N-dealkylation sites (tertiary alicyclic amines) is 1. The Morgan fingerprint density at radius 1 is 1.19 bits per heavy atom. The van der Waals surface area contributed by atoms with Crippen LogP contribution in [-0.2, 0) is 14.3 Å². The second-order valence-electron chi connectivity index (χ2n) is 5.97. The van der Waals surface area contributed by atoms with Crippen molar-refractivity contribution in [1.29, 1.82) is 0 Å². The molecule has 0 aromatic rings. The summed E-state index contributed by atoms with van der Waals surface area (Å²) in [5.41, 5.74) is 0. The van der Waals surface area contributed by atoms with E-state index < -0.39 is 17.7 Å². The van der Waals surface area contributed by atoms with Crippen LogP contribution in [0.25, 0.3) is 0 Å². The lowest BCUT2D eigenvalue weighted by Gasteiger charge is -2.41. The van der Waals surface area contributed by atoms with Crippen molar-refractivity contribution in [2.45, 2.75) is 31.5 Å². The summed E-state index contributed by atoms with van der Waals surface area (Å²) in [5, 5.41) is 9.49. The van der Waals surface area contributed by atoms with Gasteiger partial charge in [-0.1, -0.05) is 18.4 Å². The highest BCUT2D eigenvalue weighted by molar-refractivity contribution is 7.96. The molecule has 0 amide bonds. The Kier molecular flexibility index (Phi) is 5.06. The predicted octanol–water partition coefficient (Wildman–Crippen LogP) is 1.23. The molecule has 3 rings (SSSR count). The monoisotopic (exact) mass is 316 g/mol. The molecule has 120 valence electrons. The van der Waals surface area contributed by atoms with Crippen molar-refractivity contribution in [3.05, 3.63) is 0 Å². The zero-order chi connectivity index (χ0) is 14.7. The summed E-state index contributed by atoms with van der Waals surface area (Å²) in [6.07, 6.45) is 4.53. The van der Waals surface area contributed by atoms with Gasteiger partial charge in [0.25, 0.3) is 0 Å². The van der Waals surface area contributed by atoms with Gasteiger partial charge in [0.05, 0.1) is 19.1 Å². The van der Waals surface area contributed by atoms with Crippen LogP contribution in [0.1, 0.15) is 25.7 Å². The summed E-state index contributed by atoms with van der Waals surface area (Å²) in [7, 11) is 0. The number of carboxylic acids is 1. The number of rotatable bonds is 4. The second kappa shape index (κ2) is 6.83. The standard InChI is InChI=1S/C14H24N2O4S/c17-13(18)12-10-16(7-4-14(12)19-8-9-20-14)21-11-15-5-2-1-3-6-15/h12H,1-11H2,(H,17,18). The van der Waals surface area contributed by atoms with Crippen molar-refractivity contribution in [2.24, 2.45) is 5.92 Å². The topological polar surface area (TPSA) is 62.2 Å². The van der Waals surface area contributed by atoms with Crippen molar-refractivity contribution in [2.75, 3.05) is 45.3 Å². The van der Waals surface area contributed by atoms with Crippen LogP contribution in [0.5, 0.6) is 0 Å². The van der Waals surface area contributed by atoms with E-state index in [4.69, 9.17) is 9.47 Å². The number of nitrogens with zero attached hydrogens (tertiary/aromatic N) is 2. The van der Waals surface area contributed by atoms with Gasteiger partial charge in [0, 0.05) is 19.5 Å². The van der Waals surface area contributed by atoms with Gasteiger partial charge in [-0.15, -0.1) is 0 Å². The Hall–Kier alpha value is -0.340. The smallest absolute Gasteiger partial charge is 0.313 e. The minimum absolute atomic E-state index is 0.494. The molecular weight excluding hydrogens is 292 g/mol. The molecular formula is C14H24N2O4S. The summed E-state index contributed by atoms with van der Waals surface area (Å²) in [6.45, 7) is 4.66. The van der Waals surface area contributed by atoms with E-state index in [1.807, 2.05) is 0 Å². The van der Waals surface area contributed by atoms with E-state index in [2.05, 4.69) is 9.21 Å². The first-order valence-electron chi connectivity index (χ1n) is 7.80. The fraction of sp³-hybridized carbons (Fsp3) is 0.929. The van der Waals surface area contributed by atoms with Gasteiger partial charge in [0.15, 0.2) is 5.79 Å². The van der Waals surface area contributed by atoms with Crippen LogP contribution >= 0.6 is 11.9 Å². The summed E-state index contributed by atoms with van der Waals surface area (Å²) in [6, 6.07) is 0. The molecule has 0 saturated carbocycles. The third-order valence-corrected chi connectivity index (χ3v) is 5.75. The predicted molar refractivity (Wildman–Crippen MR) is 79.8 cm³/mol. The molecule has 3 heterocycles. The Morgan fingerprint density at radius 2 is 1.90 bits per heavy atom. The van der Waals surface area contributed by atoms with Crippen molar-refractivity contribution in [1.82, 2.24) is 9.21 Å². The van der Waals surface area contributed by atoms with Crippen molar-refractivity contribution in [3.8, 4) is 0 Å². The van der Waals surface area contributed by atoms with E-state index in [0.717, 1.165) is 12.4 Å². The average Bonchev–Trinajstić information content (AvgIpc) is 2.96. The molecule has 21 heavy (non-hydrogen) atoms. The van der Waals surface area contributed by atoms with E-state index in [1.54, 1.807) is 11.9 Å². The molecule has 1 N–H and O–H groups in total. The molecule has 0 aliphatic carbocycles. The van der Waals surface area contributed by atoms with Gasteiger partial charge in [-0.05, 0) is 25.9 Å². The Balaban J connectivity index is 1.53. The zero-order valence-electron chi connectivity index (χ0n) is 12.3. The molecule has 0 radical (unpaired) electrons. The lowest BCUT2D eigenvalue weighted by molar-refractivity contribution is -0.220. The van der Waals surface area contributed by atoms with Crippen LogP contribution in [0.2, 0.25) is 0 Å². The maximum absolute atomic E-state index is 11.6. The normalized spacial score (nSPS) is 30.8. The molecule has 1 spiro atoms. The molecule has 3 aliphatic rings. The lowest BCUT2D eigenvalue weighted by Crippen LogP contribution is -2.54. The molecule has 3 aliphatic heterocycles. The minimum Gasteiger partial charge on any atom is -0.481 e. The van der Waals surface area contributed by atoms with Crippen LogP contribution in [0.4, 0.5) is 0 Å². The number of aliphatic carboxylic acids is 1. The largest absolute Gasteiger partial charge is 0.481 e. The summed E-state index contributed by atoms with van der Waals surface area (Å²) >= 11 is 1.75. The fourth-order valence-corrected chi connectivity index (χ4v) is 4.40. The molecule has 1 unspecified atom stereocenters. The van der Waals surface area contributed by atoms with Gasteiger partial charge in [0.1, 0.15) is 5.92 Å². The summed E-state index contributed by atoms with van der Waals surface area (Å²) in [5.74, 6) is -1.34. The number of hydrogen-bond acceptors (Lipinski definition) is 6. The van der Waals surface area contributed by atoms with Gasteiger partial charge >= 0.3 is 5.97 Å². The van der Waals surface area contributed by atoms with Crippen molar-refractivity contribution < 1.29 is 19.4 Å². The quantitative estimate of drug-likeness (QED) is 0.783. The van der Waals surface area contributed by atoms with E-state index in [0.29, 0.717) is 26.2 Å². The van der Waals surface area contributed by atoms with Crippen LogP contribution in [0, 0.1) is 5.92 Å². The van der Waals surface area contributed by atoms with E-state index in [-0.39, 0.29) is 0 Å². The third kappa shape index (κ3) is 3.53. The summed E-state index contributed by atoms with van der Waals surface area (Å²) < 4.78 is 13.5. The van der Waals surface area contributed by atoms with Crippen LogP contribution in [-0.4, -0.2) is 71.3 Å². The molecule has 0 aromatic heterocycles. The molecule has 0 bridgehead atoms. The van der Waals surface area contributed by atoms with Gasteiger partial charge in [-0.3, -0.25) is 9.69 Å². The maximum atomic E-state index is 11.6. The highest BCUT2D eigenvalue weighted by Gasteiger charge is 2.51. The number of hydrogen-bond donors (Lipinski definition) is 1. The number of piperidine rings is 2. The average molecular weight is 316 g/mol. The molecule has 7 heteroatoms. The minimum atomic E-state index is -0.881. The van der Waals surface area contributed by atoms with Gasteiger partial charge in [-0.25, -0.2) is 4.31 Å². The molecule has 3 saturated heterocycles. The Morgan fingerprint density at radius 3 is 2.57 bits per heavy atom. The first-order chi connectivity index (χ1) is 10.2. The highest BCUT2D eigenvalue weighted by atomic mass is 32.2. The Bertz CT molecular complexity index is 370.